The third-order valence-corrected chi connectivity index (χ3v) is 3.01. The van der Waals surface area contributed by atoms with Crippen LogP contribution < -0.4 is 5.32 Å². The molecule has 1 aliphatic rings. The van der Waals surface area contributed by atoms with Gasteiger partial charge in [0.05, 0.1) is 4.47 Å². The molecule has 0 radical (unpaired) electrons. The number of nitrogens with zero attached hydrogens (tertiary/aromatic N) is 4. The van der Waals surface area contributed by atoms with Crippen molar-refractivity contribution < 1.29 is 0 Å². The molecule has 0 spiro atoms. The predicted octanol–water partition coefficient (Wildman–Crippen LogP) is 0.964. The maximum Gasteiger partial charge on any atom is 0.252 e. The van der Waals surface area contributed by atoms with Crippen LogP contribution in [0.15, 0.2) is 16.9 Å². The molecule has 1 unspecified atom stereocenters. The summed E-state index contributed by atoms with van der Waals surface area (Å²) in [6.45, 7) is 2.02. The Kier molecular flexibility index (Phi) is 2.17. The zero-order valence-corrected chi connectivity index (χ0v) is 9.61. The van der Waals surface area contributed by atoms with Gasteiger partial charge in [-0.1, -0.05) is 0 Å². The molecule has 6 heteroatoms. The van der Waals surface area contributed by atoms with Crippen LogP contribution in [-0.2, 0) is 0 Å². The van der Waals surface area contributed by atoms with E-state index in [9.17, 15) is 0 Å². The highest BCUT2D eigenvalue weighted by Crippen LogP contribution is 2.19. The first-order chi connectivity index (χ1) is 7.33. The molecule has 0 saturated carbocycles. The molecule has 0 aliphatic carbocycles. The number of halogens is 1. The summed E-state index contributed by atoms with van der Waals surface area (Å²) in [5.41, 5.74) is 0. The molecule has 1 saturated heterocycles. The maximum absolute atomic E-state index is 4.43. The molecule has 2 aromatic rings. The van der Waals surface area contributed by atoms with Crippen molar-refractivity contribution in [3.63, 3.8) is 0 Å². The number of nitrogens with one attached hydrogen (secondary N) is 1. The van der Waals surface area contributed by atoms with Crippen molar-refractivity contribution in [3.05, 3.63) is 22.7 Å². The Morgan fingerprint density at radius 2 is 2.47 bits per heavy atom. The lowest BCUT2D eigenvalue weighted by Gasteiger charge is -1.99. The Hall–Kier alpha value is -1.01. The molecule has 2 aromatic heterocycles. The van der Waals surface area contributed by atoms with Gasteiger partial charge in [-0.3, -0.25) is 0 Å². The lowest BCUT2D eigenvalue weighted by Crippen LogP contribution is -2.08. The molecule has 5 nitrogen and oxygen atoms in total. The molecule has 0 aromatic carbocycles. The van der Waals surface area contributed by atoms with Gasteiger partial charge in [0, 0.05) is 24.9 Å². The van der Waals surface area contributed by atoms with Gasteiger partial charge in [0.25, 0.3) is 5.78 Å². The largest absolute Gasteiger partial charge is 0.316 e. The van der Waals surface area contributed by atoms with E-state index in [4.69, 9.17) is 0 Å². The van der Waals surface area contributed by atoms with Crippen LogP contribution in [0.5, 0.6) is 0 Å². The summed E-state index contributed by atoms with van der Waals surface area (Å²) in [6.07, 6.45) is 4.72. The Bertz CT molecular complexity index is 488. The molecule has 1 fully saturated rings. The summed E-state index contributed by atoms with van der Waals surface area (Å²) in [7, 11) is 0. The summed E-state index contributed by atoms with van der Waals surface area (Å²) in [5.74, 6) is 2.00. The fraction of sp³-hybridized carbons (Fsp3) is 0.444. The van der Waals surface area contributed by atoms with E-state index in [2.05, 4.69) is 36.3 Å². The number of rotatable bonds is 1. The molecular weight excluding hydrogens is 258 g/mol. The Labute approximate surface area is 95.0 Å². The standard InChI is InChI=1S/C9H10BrN5/c10-7-4-12-9-13-8(14-15(9)5-7)6-1-2-11-3-6/h4-6,11H,1-3H2. The highest BCUT2D eigenvalue weighted by Gasteiger charge is 2.21. The van der Waals surface area contributed by atoms with E-state index < -0.39 is 0 Å². The third kappa shape index (κ3) is 1.63. The Morgan fingerprint density at radius 1 is 1.53 bits per heavy atom. The zero-order valence-electron chi connectivity index (χ0n) is 8.02. The van der Waals surface area contributed by atoms with E-state index in [1.807, 2.05) is 6.20 Å². The number of aromatic nitrogens is 4. The number of hydrogen-bond donors (Lipinski definition) is 1. The van der Waals surface area contributed by atoms with Crippen LogP contribution in [0, 0.1) is 0 Å². The minimum atomic E-state index is 0.436. The van der Waals surface area contributed by atoms with Gasteiger partial charge in [-0.2, -0.15) is 4.98 Å². The SMILES string of the molecule is Brc1cnc2nc(C3CCNC3)nn2c1. The third-order valence-electron chi connectivity index (χ3n) is 2.60. The second-order valence-electron chi connectivity index (χ2n) is 3.68. The molecule has 3 heterocycles. The first kappa shape index (κ1) is 9.23. The van der Waals surface area contributed by atoms with Crippen molar-refractivity contribution in [2.75, 3.05) is 13.1 Å². The Morgan fingerprint density at radius 3 is 3.27 bits per heavy atom. The van der Waals surface area contributed by atoms with Crippen LogP contribution in [0.2, 0.25) is 0 Å². The minimum absolute atomic E-state index is 0.436. The molecular formula is C9H10BrN5. The second kappa shape index (κ2) is 3.53. The first-order valence-electron chi connectivity index (χ1n) is 4.91. The van der Waals surface area contributed by atoms with Crippen LogP contribution >= 0.6 is 15.9 Å². The molecule has 15 heavy (non-hydrogen) atoms. The summed E-state index contributed by atoms with van der Waals surface area (Å²) in [5, 5.41) is 7.74. The van der Waals surface area contributed by atoms with Crippen molar-refractivity contribution in [1.82, 2.24) is 24.9 Å². The highest BCUT2D eigenvalue weighted by atomic mass is 79.9. The van der Waals surface area contributed by atoms with Crippen LogP contribution in [0.1, 0.15) is 18.2 Å². The van der Waals surface area contributed by atoms with E-state index >= 15 is 0 Å². The van der Waals surface area contributed by atoms with Gasteiger partial charge in [-0.05, 0) is 28.9 Å². The lowest BCUT2D eigenvalue weighted by molar-refractivity contribution is 0.698. The normalized spacial score (nSPS) is 21.3. The van der Waals surface area contributed by atoms with E-state index in [1.165, 1.54) is 0 Å². The average molecular weight is 268 g/mol. The van der Waals surface area contributed by atoms with Gasteiger partial charge in [0.2, 0.25) is 0 Å². The smallest absolute Gasteiger partial charge is 0.252 e. The fourth-order valence-corrected chi connectivity index (χ4v) is 2.12. The molecule has 78 valence electrons. The monoisotopic (exact) mass is 267 g/mol. The van der Waals surface area contributed by atoms with E-state index in [0.717, 1.165) is 29.8 Å². The van der Waals surface area contributed by atoms with Crippen molar-refractivity contribution in [3.8, 4) is 0 Å². The quantitative estimate of drug-likeness (QED) is 0.837. The molecule has 1 N–H and O–H groups in total. The highest BCUT2D eigenvalue weighted by molar-refractivity contribution is 9.10. The molecule has 1 atom stereocenters. The van der Waals surface area contributed by atoms with Crippen molar-refractivity contribution in [2.45, 2.75) is 12.3 Å². The van der Waals surface area contributed by atoms with Gasteiger partial charge in [-0.25, -0.2) is 9.50 Å². The van der Waals surface area contributed by atoms with E-state index in [-0.39, 0.29) is 0 Å². The van der Waals surface area contributed by atoms with Gasteiger partial charge in [0.1, 0.15) is 0 Å². The van der Waals surface area contributed by atoms with Gasteiger partial charge in [0.15, 0.2) is 5.82 Å². The number of hydrogen-bond acceptors (Lipinski definition) is 4. The van der Waals surface area contributed by atoms with Crippen LogP contribution in [0.25, 0.3) is 5.78 Å². The second-order valence-corrected chi connectivity index (χ2v) is 4.59. The summed E-state index contributed by atoms with van der Waals surface area (Å²) in [6, 6.07) is 0. The van der Waals surface area contributed by atoms with Crippen molar-refractivity contribution >= 4 is 21.7 Å². The summed E-state index contributed by atoms with van der Waals surface area (Å²) >= 11 is 3.36. The predicted molar refractivity (Wildman–Crippen MR) is 58.7 cm³/mol. The summed E-state index contributed by atoms with van der Waals surface area (Å²) in [4.78, 5) is 8.61. The average Bonchev–Trinajstić information content (AvgIpc) is 2.84. The first-order valence-corrected chi connectivity index (χ1v) is 5.71. The molecule has 0 bridgehead atoms. The maximum atomic E-state index is 4.43. The number of fused-ring (bicyclic) bond motifs is 1. The van der Waals surface area contributed by atoms with Gasteiger partial charge in [-0.15, -0.1) is 5.10 Å². The summed E-state index contributed by atoms with van der Waals surface area (Å²) < 4.78 is 2.63. The van der Waals surface area contributed by atoms with Crippen molar-refractivity contribution in [2.24, 2.45) is 0 Å². The van der Waals surface area contributed by atoms with E-state index in [0.29, 0.717) is 11.7 Å². The van der Waals surface area contributed by atoms with Crippen LogP contribution in [-0.4, -0.2) is 32.7 Å². The minimum Gasteiger partial charge on any atom is -0.316 e. The lowest BCUT2D eigenvalue weighted by atomic mass is 10.1. The van der Waals surface area contributed by atoms with Crippen LogP contribution in [0.3, 0.4) is 0 Å². The topological polar surface area (TPSA) is 55.1 Å². The molecule has 0 amide bonds. The zero-order chi connectivity index (χ0) is 10.3. The van der Waals surface area contributed by atoms with E-state index in [1.54, 1.807) is 10.7 Å². The van der Waals surface area contributed by atoms with Crippen molar-refractivity contribution in [1.29, 1.82) is 0 Å². The molecule has 3 rings (SSSR count). The van der Waals surface area contributed by atoms with Crippen LogP contribution in [0.4, 0.5) is 0 Å². The van der Waals surface area contributed by atoms with Gasteiger partial charge < -0.3 is 5.32 Å². The Balaban J connectivity index is 2.05. The molecule has 1 aliphatic heterocycles. The fourth-order valence-electron chi connectivity index (χ4n) is 1.82. The van der Waals surface area contributed by atoms with Gasteiger partial charge >= 0.3 is 0 Å².